The Kier molecular flexibility index (Phi) is 4.24. The van der Waals surface area contributed by atoms with Gasteiger partial charge in [-0.15, -0.1) is 10.2 Å². The number of hydrogen-bond donors (Lipinski definition) is 1. The van der Waals surface area contributed by atoms with Crippen molar-refractivity contribution in [2.45, 2.75) is 31.0 Å². The monoisotopic (exact) mass is 397 g/mol. The lowest BCUT2D eigenvalue weighted by atomic mass is 10.0. The van der Waals surface area contributed by atoms with Crippen LogP contribution in [0.25, 0.3) is 11.6 Å². The number of anilines is 1. The fourth-order valence-corrected chi connectivity index (χ4v) is 2.77. The van der Waals surface area contributed by atoms with Crippen molar-refractivity contribution in [1.82, 2.24) is 20.2 Å². The zero-order chi connectivity index (χ0) is 19.9. The Morgan fingerprint density at radius 2 is 1.75 bits per heavy atom. The minimum absolute atomic E-state index is 0.153. The predicted octanol–water partition coefficient (Wildman–Crippen LogP) is 4.58. The van der Waals surface area contributed by atoms with Gasteiger partial charge < -0.3 is 9.73 Å². The first-order valence-corrected chi connectivity index (χ1v) is 8.18. The van der Waals surface area contributed by atoms with E-state index in [1.54, 1.807) is 0 Å². The van der Waals surface area contributed by atoms with Crippen molar-refractivity contribution in [3.63, 3.8) is 0 Å². The molecule has 0 unspecified atom stereocenters. The third-order valence-corrected chi connectivity index (χ3v) is 4.37. The quantitative estimate of drug-likeness (QED) is 0.635. The average molecular weight is 397 g/mol. The van der Waals surface area contributed by atoms with Gasteiger partial charge in [0.25, 0.3) is 11.8 Å². The molecule has 0 bridgehead atoms. The van der Waals surface area contributed by atoms with Crippen LogP contribution < -0.4 is 5.32 Å². The summed E-state index contributed by atoms with van der Waals surface area (Å²) in [6.45, 7) is 0. The van der Waals surface area contributed by atoms with Crippen molar-refractivity contribution >= 4 is 5.95 Å². The highest BCUT2D eigenvalue weighted by Gasteiger charge is 2.45. The Morgan fingerprint density at radius 3 is 2.32 bits per heavy atom. The van der Waals surface area contributed by atoms with Crippen LogP contribution in [-0.2, 0) is 11.7 Å². The van der Waals surface area contributed by atoms with Crippen molar-refractivity contribution in [2.75, 3.05) is 5.32 Å². The van der Waals surface area contributed by atoms with Gasteiger partial charge in [-0.25, -0.2) is 9.97 Å². The van der Waals surface area contributed by atoms with Crippen LogP contribution in [0.15, 0.2) is 40.9 Å². The minimum atomic E-state index is -4.40. The van der Waals surface area contributed by atoms with Crippen LogP contribution >= 0.6 is 0 Å². The Balaban J connectivity index is 1.55. The van der Waals surface area contributed by atoms with Gasteiger partial charge in [-0.05, 0) is 36.6 Å². The first-order chi connectivity index (χ1) is 13.3. The predicted molar refractivity (Wildman–Crippen MR) is 86.3 cm³/mol. The zero-order valence-corrected chi connectivity index (χ0v) is 14.0. The number of aromatic nitrogens is 4. The van der Waals surface area contributed by atoms with Crippen molar-refractivity contribution in [2.24, 2.45) is 0 Å². The first kappa shape index (κ1) is 18.3. The Labute approximate surface area is 154 Å². The molecule has 1 saturated carbocycles. The van der Waals surface area contributed by atoms with E-state index in [0.29, 0.717) is 18.4 Å². The summed E-state index contributed by atoms with van der Waals surface area (Å²) in [6.07, 6.45) is -4.54. The highest BCUT2D eigenvalue weighted by atomic mass is 19.4. The fraction of sp³-hybridized carbons (Fsp3) is 0.294. The molecule has 1 fully saturated rings. The Morgan fingerprint density at radius 1 is 1.04 bits per heavy atom. The molecular formula is C17H12F5N5O. The highest BCUT2D eigenvalue weighted by Crippen LogP contribution is 2.48. The average Bonchev–Trinajstić information content (AvgIpc) is 3.26. The number of nitrogens with zero attached hydrogens (tertiary/aromatic N) is 4. The molecular weight excluding hydrogens is 385 g/mol. The largest absolute Gasteiger partial charge is 0.416 e. The topological polar surface area (TPSA) is 76.7 Å². The standard InChI is InChI=1S/C17H12F5N5O/c18-12(19)14-27-26-13(28-14)11-5-8-23-15(24-11)25-16(6-7-16)9-1-3-10(4-2-9)17(20,21)22/h1-5,8,12H,6-7H2,(H,23,24,25). The van der Waals surface area contributed by atoms with Crippen molar-refractivity contribution in [3.8, 4) is 11.6 Å². The summed E-state index contributed by atoms with van der Waals surface area (Å²) in [5.41, 5.74) is -0.477. The SMILES string of the molecule is FC(F)c1nnc(-c2ccnc(NC3(c4ccc(C(F)(F)F)cc4)CC3)n2)o1. The molecule has 1 aromatic carbocycles. The lowest BCUT2D eigenvalue weighted by Gasteiger charge is -2.18. The maximum absolute atomic E-state index is 12.7. The summed E-state index contributed by atoms with van der Waals surface area (Å²) in [4.78, 5) is 8.25. The second-order valence-electron chi connectivity index (χ2n) is 6.29. The van der Waals surface area contributed by atoms with E-state index in [1.807, 2.05) is 0 Å². The molecule has 0 saturated heterocycles. The second-order valence-corrected chi connectivity index (χ2v) is 6.29. The molecule has 2 aromatic heterocycles. The summed E-state index contributed by atoms with van der Waals surface area (Å²) in [6, 6.07) is 6.31. The van der Waals surface area contributed by atoms with E-state index in [2.05, 4.69) is 25.5 Å². The summed E-state index contributed by atoms with van der Waals surface area (Å²) in [5, 5.41) is 9.88. The molecule has 3 aromatic rings. The van der Waals surface area contributed by atoms with Crippen molar-refractivity contribution < 1.29 is 26.4 Å². The smallest absolute Gasteiger partial charge is 0.414 e. The van der Waals surface area contributed by atoms with E-state index in [0.717, 1.165) is 12.1 Å². The highest BCUT2D eigenvalue weighted by molar-refractivity contribution is 5.50. The molecule has 11 heteroatoms. The second kappa shape index (κ2) is 6.50. The molecule has 0 spiro atoms. The molecule has 0 aliphatic heterocycles. The normalized spacial score (nSPS) is 15.6. The van der Waals surface area contributed by atoms with Crippen LogP contribution in [0.3, 0.4) is 0 Å². The van der Waals surface area contributed by atoms with Crippen LogP contribution in [0.5, 0.6) is 0 Å². The van der Waals surface area contributed by atoms with Crippen LogP contribution in [0, 0.1) is 0 Å². The molecule has 6 nitrogen and oxygen atoms in total. The molecule has 1 aliphatic rings. The molecule has 4 rings (SSSR count). The summed E-state index contributed by atoms with van der Waals surface area (Å²) >= 11 is 0. The summed E-state index contributed by atoms with van der Waals surface area (Å²) in [7, 11) is 0. The molecule has 1 N–H and O–H groups in total. The number of nitrogens with one attached hydrogen (secondary N) is 1. The summed E-state index contributed by atoms with van der Waals surface area (Å²) < 4.78 is 68.2. The van der Waals surface area contributed by atoms with Crippen LogP contribution in [-0.4, -0.2) is 20.2 Å². The van der Waals surface area contributed by atoms with Gasteiger partial charge in [0.1, 0.15) is 5.69 Å². The van der Waals surface area contributed by atoms with Gasteiger partial charge in [-0.2, -0.15) is 22.0 Å². The number of alkyl halides is 5. The van der Waals surface area contributed by atoms with Gasteiger partial charge in [-0.3, -0.25) is 0 Å². The molecule has 0 radical (unpaired) electrons. The molecule has 2 heterocycles. The van der Waals surface area contributed by atoms with E-state index in [1.165, 1.54) is 24.4 Å². The van der Waals surface area contributed by atoms with Crippen molar-refractivity contribution in [1.29, 1.82) is 0 Å². The Hall–Kier alpha value is -3.11. The van der Waals surface area contributed by atoms with Crippen LogP contribution in [0.2, 0.25) is 0 Å². The maximum atomic E-state index is 12.7. The molecule has 0 amide bonds. The van der Waals surface area contributed by atoms with Gasteiger partial charge in [0.2, 0.25) is 5.95 Å². The van der Waals surface area contributed by atoms with E-state index in [4.69, 9.17) is 4.42 Å². The minimum Gasteiger partial charge on any atom is -0.414 e. The van der Waals surface area contributed by atoms with Gasteiger partial charge in [0.15, 0.2) is 0 Å². The van der Waals surface area contributed by atoms with Gasteiger partial charge in [0.05, 0.1) is 11.1 Å². The Bertz CT molecular complexity index is 982. The third-order valence-electron chi connectivity index (χ3n) is 4.37. The number of rotatable bonds is 5. The van der Waals surface area contributed by atoms with Gasteiger partial charge >= 0.3 is 12.6 Å². The van der Waals surface area contributed by atoms with Crippen LogP contribution in [0.4, 0.5) is 27.9 Å². The first-order valence-electron chi connectivity index (χ1n) is 8.18. The molecule has 1 aliphatic carbocycles. The maximum Gasteiger partial charge on any atom is 0.416 e. The third kappa shape index (κ3) is 3.51. The lowest BCUT2D eigenvalue weighted by Crippen LogP contribution is -2.20. The molecule has 0 atom stereocenters. The van der Waals surface area contributed by atoms with E-state index in [-0.39, 0.29) is 17.5 Å². The van der Waals surface area contributed by atoms with Gasteiger partial charge in [-0.1, -0.05) is 12.1 Å². The molecule has 28 heavy (non-hydrogen) atoms. The number of hydrogen-bond acceptors (Lipinski definition) is 6. The van der Waals surface area contributed by atoms with Crippen LogP contribution in [0.1, 0.15) is 36.3 Å². The lowest BCUT2D eigenvalue weighted by molar-refractivity contribution is -0.137. The number of benzene rings is 1. The van der Waals surface area contributed by atoms with E-state index >= 15 is 0 Å². The van der Waals surface area contributed by atoms with Crippen molar-refractivity contribution in [3.05, 3.63) is 53.5 Å². The van der Waals surface area contributed by atoms with Gasteiger partial charge in [0, 0.05) is 6.20 Å². The van der Waals surface area contributed by atoms with E-state index < -0.39 is 29.6 Å². The fourth-order valence-electron chi connectivity index (χ4n) is 2.77. The van der Waals surface area contributed by atoms with E-state index in [9.17, 15) is 22.0 Å². The zero-order valence-electron chi connectivity index (χ0n) is 14.0. The number of halogens is 5. The molecule has 146 valence electrons. The summed E-state index contributed by atoms with van der Waals surface area (Å²) in [5.74, 6) is -0.821.